The van der Waals surface area contributed by atoms with E-state index in [4.69, 9.17) is 0 Å². The summed E-state index contributed by atoms with van der Waals surface area (Å²) in [6.45, 7) is 0. The highest BCUT2D eigenvalue weighted by atomic mass is 19.3. The second-order valence-electron chi connectivity index (χ2n) is 2.41. The molecule has 1 aliphatic rings. The molecule has 0 saturated heterocycles. The van der Waals surface area contributed by atoms with Crippen molar-refractivity contribution in [1.82, 2.24) is 0 Å². The van der Waals surface area contributed by atoms with Gasteiger partial charge in [0.1, 0.15) is 0 Å². The Kier molecular flexibility index (Phi) is 1.84. The molecule has 0 amide bonds. The molecule has 0 aromatic heterocycles. The zero-order valence-corrected chi connectivity index (χ0v) is 5.24. The van der Waals surface area contributed by atoms with Crippen molar-refractivity contribution in [3.05, 3.63) is 12.2 Å². The number of alkyl halides is 2. The third-order valence-corrected chi connectivity index (χ3v) is 1.49. The van der Waals surface area contributed by atoms with Gasteiger partial charge in [0, 0.05) is 6.42 Å². The minimum atomic E-state index is -2.52. The average Bonchev–Trinajstić information content (AvgIpc) is 1.92. The summed E-state index contributed by atoms with van der Waals surface area (Å²) >= 11 is 0. The zero-order valence-electron chi connectivity index (χ0n) is 5.24. The van der Waals surface area contributed by atoms with Crippen molar-refractivity contribution in [2.45, 2.75) is 31.6 Å². The molecule has 0 aliphatic heterocycles. The largest absolute Gasteiger partial charge is 0.266 e. The maximum atomic E-state index is 12.4. The van der Waals surface area contributed by atoms with Gasteiger partial charge in [0.05, 0.1) is 0 Å². The molecule has 0 aromatic carbocycles. The smallest absolute Gasteiger partial charge is 0.202 e. The van der Waals surface area contributed by atoms with Crippen LogP contribution in [0.5, 0.6) is 0 Å². The van der Waals surface area contributed by atoms with Gasteiger partial charge >= 0.3 is 0 Å². The maximum absolute atomic E-state index is 12.4. The van der Waals surface area contributed by atoms with Crippen molar-refractivity contribution in [3.63, 3.8) is 0 Å². The van der Waals surface area contributed by atoms with Crippen LogP contribution in [-0.2, 0) is 0 Å². The molecule has 9 heavy (non-hydrogen) atoms. The predicted octanol–water partition coefficient (Wildman–Crippen LogP) is 2.75. The van der Waals surface area contributed by atoms with Crippen LogP contribution in [0, 0.1) is 0 Å². The van der Waals surface area contributed by atoms with Gasteiger partial charge in [-0.1, -0.05) is 6.08 Å². The Hall–Kier alpha value is -0.400. The molecule has 0 N–H and O–H groups in total. The molecule has 0 atom stereocenters. The third-order valence-electron chi connectivity index (χ3n) is 1.49. The fourth-order valence-electron chi connectivity index (χ4n) is 0.962. The number of rotatable bonds is 0. The Morgan fingerprint density at radius 2 is 2.00 bits per heavy atom. The molecule has 2 heteroatoms. The summed E-state index contributed by atoms with van der Waals surface area (Å²) in [5.41, 5.74) is 0. The average molecular weight is 132 g/mol. The Bertz CT molecular complexity index is 116. The highest BCUT2D eigenvalue weighted by molar-refractivity contribution is 4.96. The van der Waals surface area contributed by atoms with E-state index in [-0.39, 0.29) is 6.42 Å². The second kappa shape index (κ2) is 2.46. The second-order valence-corrected chi connectivity index (χ2v) is 2.41. The summed E-state index contributed by atoms with van der Waals surface area (Å²) in [6.07, 6.45) is 5.01. The van der Waals surface area contributed by atoms with Crippen LogP contribution in [0.1, 0.15) is 25.7 Å². The number of hydrogen-bond acceptors (Lipinski definition) is 0. The predicted molar refractivity (Wildman–Crippen MR) is 32.6 cm³/mol. The van der Waals surface area contributed by atoms with Crippen molar-refractivity contribution in [1.29, 1.82) is 0 Å². The lowest BCUT2D eigenvalue weighted by Gasteiger charge is -2.07. The molecule has 0 heterocycles. The van der Waals surface area contributed by atoms with Gasteiger partial charge in [0.2, 0.25) is 0 Å². The lowest BCUT2D eigenvalue weighted by Crippen LogP contribution is -2.09. The first-order valence-electron chi connectivity index (χ1n) is 3.26. The van der Waals surface area contributed by atoms with E-state index in [9.17, 15) is 8.78 Å². The zero-order chi connectivity index (χ0) is 6.74. The van der Waals surface area contributed by atoms with E-state index in [1.54, 1.807) is 6.08 Å². The van der Waals surface area contributed by atoms with E-state index in [0.29, 0.717) is 6.42 Å². The lowest BCUT2D eigenvalue weighted by molar-refractivity contribution is 0.0450. The van der Waals surface area contributed by atoms with Crippen LogP contribution in [0.15, 0.2) is 12.2 Å². The minimum absolute atomic E-state index is 0.0312. The molecule has 0 saturated carbocycles. The van der Waals surface area contributed by atoms with E-state index in [1.807, 2.05) is 0 Å². The van der Waals surface area contributed by atoms with Gasteiger partial charge in [-0.25, -0.2) is 8.78 Å². The topological polar surface area (TPSA) is 0 Å². The van der Waals surface area contributed by atoms with Gasteiger partial charge in [-0.15, -0.1) is 0 Å². The molecule has 0 nitrogen and oxygen atoms in total. The standard InChI is InChI=1S/C7H10F2/c8-7(9)5-3-1-2-4-6-7/h3,5H,1-2,4,6H2. The normalized spacial score (nSPS) is 25.6. The summed E-state index contributed by atoms with van der Waals surface area (Å²) in [7, 11) is 0. The van der Waals surface area contributed by atoms with Gasteiger partial charge in [0.25, 0.3) is 5.92 Å². The van der Waals surface area contributed by atoms with Crippen molar-refractivity contribution in [3.8, 4) is 0 Å². The van der Waals surface area contributed by atoms with Crippen molar-refractivity contribution < 1.29 is 8.78 Å². The Labute approximate surface area is 53.6 Å². The molecular formula is C7H10F2. The fraction of sp³-hybridized carbons (Fsp3) is 0.714. The number of allylic oxidation sites excluding steroid dienone is 2. The van der Waals surface area contributed by atoms with Crippen LogP contribution in [0.3, 0.4) is 0 Å². The first-order valence-corrected chi connectivity index (χ1v) is 3.26. The van der Waals surface area contributed by atoms with Crippen molar-refractivity contribution in [2.24, 2.45) is 0 Å². The van der Waals surface area contributed by atoms with Crippen LogP contribution in [0.4, 0.5) is 8.78 Å². The first-order chi connectivity index (χ1) is 4.21. The summed E-state index contributed by atoms with van der Waals surface area (Å²) in [4.78, 5) is 0. The minimum Gasteiger partial charge on any atom is -0.202 e. The van der Waals surface area contributed by atoms with Gasteiger partial charge in [-0.2, -0.15) is 0 Å². The van der Waals surface area contributed by atoms with E-state index < -0.39 is 5.92 Å². The van der Waals surface area contributed by atoms with Crippen LogP contribution < -0.4 is 0 Å². The monoisotopic (exact) mass is 132 g/mol. The molecule has 52 valence electrons. The summed E-state index contributed by atoms with van der Waals surface area (Å²) < 4.78 is 24.8. The Morgan fingerprint density at radius 3 is 2.78 bits per heavy atom. The van der Waals surface area contributed by atoms with Crippen LogP contribution >= 0.6 is 0 Å². The first kappa shape index (κ1) is 6.72. The molecule has 0 spiro atoms. The lowest BCUT2D eigenvalue weighted by atomic mass is 10.2. The molecule has 0 fully saturated rings. The Balaban J connectivity index is 2.52. The molecule has 1 aliphatic carbocycles. The van der Waals surface area contributed by atoms with Crippen molar-refractivity contribution in [2.75, 3.05) is 0 Å². The fourth-order valence-corrected chi connectivity index (χ4v) is 0.962. The highest BCUT2D eigenvalue weighted by Gasteiger charge is 2.24. The summed E-state index contributed by atoms with van der Waals surface area (Å²) in [5.74, 6) is -2.52. The van der Waals surface area contributed by atoms with Gasteiger partial charge < -0.3 is 0 Å². The molecule has 0 unspecified atom stereocenters. The maximum Gasteiger partial charge on any atom is 0.266 e. The quantitative estimate of drug-likeness (QED) is 0.444. The molecular weight excluding hydrogens is 122 g/mol. The molecule has 1 rings (SSSR count). The van der Waals surface area contributed by atoms with E-state index in [1.165, 1.54) is 0 Å². The van der Waals surface area contributed by atoms with E-state index in [2.05, 4.69) is 0 Å². The van der Waals surface area contributed by atoms with E-state index in [0.717, 1.165) is 18.9 Å². The van der Waals surface area contributed by atoms with Crippen LogP contribution in [0.2, 0.25) is 0 Å². The van der Waals surface area contributed by atoms with E-state index >= 15 is 0 Å². The highest BCUT2D eigenvalue weighted by Crippen LogP contribution is 2.26. The Morgan fingerprint density at radius 1 is 1.22 bits per heavy atom. The summed E-state index contributed by atoms with van der Waals surface area (Å²) in [5, 5.41) is 0. The molecule has 0 radical (unpaired) electrons. The SMILES string of the molecule is FC1(F)C=CCCCC1. The van der Waals surface area contributed by atoms with Gasteiger partial charge in [-0.05, 0) is 25.3 Å². The van der Waals surface area contributed by atoms with Crippen LogP contribution in [0.25, 0.3) is 0 Å². The van der Waals surface area contributed by atoms with Gasteiger partial charge in [0.15, 0.2) is 0 Å². The third kappa shape index (κ3) is 2.12. The van der Waals surface area contributed by atoms with Crippen molar-refractivity contribution >= 4 is 0 Å². The number of hydrogen-bond donors (Lipinski definition) is 0. The molecule has 0 aromatic rings. The van der Waals surface area contributed by atoms with Crippen LogP contribution in [-0.4, -0.2) is 5.92 Å². The van der Waals surface area contributed by atoms with Gasteiger partial charge in [-0.3, -0.25) is 0 Å². The number of halogens is 2. The molecule has 0 bridgehead atoms. The summed E-state index contributed by atoms with van der Waals surface area (Å²) in [6, 6.07) is 0.